The molecule has 0 aliphatic carbocycles. The maximum absolute atomic E-state index is 12.8. The van der Waals surface area contributed by atoms with Crippen LogP contribution in [0.2, 0.25) is 0 Å². The van der Waals surface area contributed by atoms with E-state index in [1.807, 2.05) is 21.1 Å². The normalized spacial score (nSPS) is 13.3. The molecule has 0 spiro atoms. The van der Waals surface area contributed by atoms with Gasteiger partial charge in [0, 0.05) is 12.8 Å². The summed E-state index contributed by atoms with van der Waals surface area (Å²) >= 11 is 0. The van der Waals surface area contributed by atoms with Gasteiger partial charge < -0.3 is 27.9 Å². The van der Waals surface area contributed by atoms with Gasteiger partial charge in [0.15, 0.2) is 6.10 Å². The molecule has 0 aliphatic heterocycles. The summed E-state index contributed by atoms with van der Waals surface area (Å²) in [6.45, 7) is 4.27. The molecule has 0 fully saturated rings. The standard InChI is InChI=1S/C69H132NO8P/c1-6-8-10-12-14-16-18-20-22-24-25-26-27-28-29-30-31-32-33-34-35-36-37-38-39-40-41-42-43-44-45-46-48-50-52-54-56-58-60-62-69(72)78-67(66-77-79(73,74)76-64-63-70(3,4)5)65-75-68(71)61-59-57-55-53-51-49-47-23-21-19-17-15-13-11-9-7-2/h18,20,23-25,47,67H,6-17,19,21-22,26-46,48-66H2,1-5H3/b20-18-,25-24-,47-23-. The molecule has 0 saturated carbocycles. The molecular formula is C69H132NO8P. The summed E-state index contributed by atoms with van der Waals surface area (Å²) in [5, 5.41) is 0. The summed E-state index contributed by atoms with van der Waals surface area (Å²) in [5.74, 6) is -0.826. The van der Waals surface area contributed by atoms with E-state index in [2.05, 4.69) is 50.3 Å². The first-order chi connectivity index (χ1) is 38.5. The summed E-state index contributed by atoms with van der Waals surface area (Å²) in [4.78, 5) is 37.9. The maximum atomic E-state index is 12.8. The van der Waals surface area contributed by atoms with E-state index >= 15 is 0 Å². The van der Waals surface area contributed by atoms with Crippen molar-refractivity contribution in [3.05, 3.63) is 36.5 Å². The quantitative estimate of drug-likeness (QED) is 0.0195. The predicted molar refractivity (Wildman–Crippen MR) is 337 cm³/mol. The van der Waals surface area contributed by atoms with Gasteiger partial charge in [-0.1, -0.05) is 294 Å². The van der Waals surface area contributed by atoms with E-state index in [1.54, 1.807) is 0 Å². The van der Waals surface area contributed by atoms with Crippen LogP contribution >= 0.6 is 7.82 Å². The Morgan fingerprint density at radius 3 is 1.01 bits per heavy atom. The Morgan fingerprint density at radius 2 is 0.684 bits per heavy atom. The Hall–Kier alpha value is -1.77. The van der Waals surface area contributed by atoms with Gasteiger partial charge in [-0.15, -0.1) is 0 Å². The summed E-state index contributed by atoms with van der Waals surface area (Å²) in [6.07, 6.45) is 76.7. The lowest BCUT2D eigenvalue weighted by Crippen LogP contribution is -2.37. The number of carbonyl (C=O) groups excluding carboxylic acids is 2. The molecule has 0 heterocycles. The van der Waals surface area contributed by atoms with Crippen molar-refractivity contribution >= 4 is 19.8 Å². The van der Waals surface area contributed by atoms with Crippen molar-refractivity contribution in [2.45, 2.75) is 347 Å². The highest BCUT2D eigenvalue weighted by Crippen LogP contribution is 2.38. The van der Waals surface area contributed by atoms with E-state index < -0.39 is 26.5 Å². The minimum Gasteiger partial charge on any atom is -0.756 e. The topological polar surface area (TPSA) is 111 Å². The number of esters is 2. The molecule has 0 saturated heterocycles. The van der Waals surface area contributed by atoms with Gasteiger partial charge in [-0.2, -0.15) is 0 Å². The van der Waals surface area contributed by atoms with Crippen LogP contribution in [0.3, 0.4) is 0 Å². The predicted octanol–water partition coefficient (Wildman–Crippen LogP) is 21.3. The van der Waals surface area contributed by atoms with E-state index in [0.717, 1.165) is 57.8 Å². The minimum absolute atomic E-state index is 0.0295. The number of ether oxygens (including phenoxy) is 2. The molecule has 0 rings (SSSR count). The van der Waals surface area contributed by atoms with Crippen molar-refractivity contribution in [1.82, 2.24) is 0 Å². The zero-order chi connectivity index (χ0) is 57.7. The SMILES string of the molecule is CCCCCCC/C=C\C/C=C\CCCCCCCCCCCCCCCCCCCCCCCCCCCCCC(=O)OC(COC(=O)CCCCCCC/C=C\CCCCCCCCC)COP(=O)([O-])OCC[N+](C)(C)C. The number of carbonyl (C=O) groups is 2. The first-order valence-electron chi connectivity index (χ1n) is 34.2. The molecule has 2 unspecified atom stereocenters. The summed E-state index contributed by atoms with van der Waals surface area (Å²) in [7, 11) is 1.18. The fraction of sp³-hybridized carbons (Fsp3) is 0.884. The Balaban J connectivity index is 3.89. The molecule has 0 aromatic carbocycles. The van der Waals surface area contributed by atoms with Crippen LogP contribution in [0, 0.1) is 0 Å². The van der Waals surface area contributed by atoms with E-state index in [0.29, 0.717) is 17.4 Å². The monoisotopic (exact) mass is 1130 g/mol. The van der Waals surface area contributed by atoms with Crippen molar-refractivity contribution < 1.29 is 42.1 Å². The van der Waals surface area contributed by atoms with Crippen molar-refractivity contribution in [2.75, 3.05) is 47.5 Å². The van der Waals surface area contributed by atoms with E-state index in [4.69, 9.17) is 18.5 Å². The van der Waals surface area contributed by atoms with E-state index in [9.17, 15) is 19.0 Å². The second kappa shape index (κ2) is 60.8. The molecule has 2 atom stereocenters. The van der Waals surface area contributed by atoms with Crippen LogP contribution in [0.1, 0.15) is 341 Å². The molecule has 79 heavy (non-hydrogen) atoms. The highest BCUT2D eigenvalue weighted by atomic mass is 31.2. The molecule has 9 nitrogen and oxygen atoms in total. The molecule has 466 valence electrons. The average Bonchev–Trinajstić information content (AvgIpc) is 3.41. The van der Waals surface area contributed by atoms with Gasteiger partial charge in [-0.25, -0.2) is 0 Å². The van der Waals surface area contributed by atoms with Crippen LogP contribution in [0.25, 0.3) is 0 Å². The lowest BCUT2D eigenvalue weighted by Gasteiger charge is -2.28. The van der Waals surface area contributed by atoms with Crippen LogP contribution < -0.4 is 4.89 Å². The van der Waals surface area contributed by atoms with Gasteiger partial charge >= 0.3 is 11.9 Å². The Bertz CT molecular complexity index is 1430. The molecule has 0 aromatic heterocycles. The first-order valence-corrected chi connectivity index (χ1v) is 35.7. The Labute approximate surface area is 491 Å². The van der Waals surface area contributed by atoms with Gasteiger partial charge in [-0.05, 0) is 70.6 Å². The average molecular weight is 1130 g/mol. The number of allylic oxidation sites excluding steroid dienone is 6. The highest BCUT2D eigenvalue weighted by Gasteiger charge is 2.22. The lowest BCUT2D eigenvalue weighted by molar-refractivity contribution is -0.870. The largest absolute Gasteiger partial charge is 0.756 e. The van der Waals surface area contributed by atoms with Crippen LogP contribution in [-0.4, -0.2) is 70.0 Å². The minimum atomic E-state index is -4.64. The fourth-order valence-electron chi connectivity index (χ4n) is 10.1. The second-order valence-corrected chi connectivity index (χ2v) is 25.9. The zero-order valence-electron chi connectivity index (χ0n) is 53.1. The number of hydrogen-bond acceptors (Lipinski definition) is 8. The molecule has 0 aromatic rings. The van der Waals surface area contributed by atoms with Crippen LogP contribution in [0.4, 0.5) is 0 Å². The summed E-state index contributed by atoms with van der Waals surface area (Å²) < 4.78 is 34.2. The smallest absolute Gasteiger partial charge is 0.306 e. The third kappa shape index (κ3) is 65.3. The van der Waals surface area contributed by atoms with Crippen molar-refractivity contribution in [2.24, 2.45) is 0 Å². The van der Waals surface area contributed by atoms with Gasteiger partial charge in [0.05, 0.1) is 27.7 Å². The highest BCUT2D eigenvalue weighted by molar-refractivity contribution is 7.45. The van der Waals surface area contributed by atoms with Crippen LogP contribution in [-0.2, 0) is 32.7 Å². The summed E-state index contributed by atoms with van der Waals surface area (Å²) in [5.41, 5.74) is 0. The number of phosphoric acid groups is 1. The number of quaternary nitrogens is 1. The van der Waals surface area contributed by atoms with E-state index in [1.165, 1.54) is 250 Å². The fourth-order valence-corrected chi connectivity index (χ4v) is 10.8. The number of hydrogen-bond donors (Lipinski definition) is 0. The Kier molecular flexibility index (Phi) is 59.4. The first kappa shape index (κ1) is 77.2. The molecule has 0 bridgehead atoms. The Morgan fingerprint density at radius 1 is 0.392 bits per heavy atom. The van der Waals surface area contributed by atoms with Crippen molar-refractivity contribution in [1.29, 1.82) is 0 Å². The number of likely N-dealkylation sites (N-methyl/N-ethyl adjacent to an activating group) is 1. The van der Waals surface area contributed by atoms with Gasteiger partial charge in [0.2, 0.25) is 0 Å². The third-order valence-electron chi connectivity index (χ3n) is 15.4. The second-order valence-electron chi connectivity index (χ2n) is 24.5. The molecule has 0 amide bonds. The van der Waals surface area contributed by atoms with Crippen molar-refractivity contribution in [3.63, 3.8) is 0 Å². The molecule has 10 heteroatoms. The third-order valence-corrected chi connectivity index (χ3v) is 16.3. The molecule has 0 aliphatic rings. The summed E-state index contributed by atoms with van der Waals surface area (Å²) in [6, 6.07) is 0. The van der Waals surface area contributed by atoms with Gasteiger partial charge in [0.1, 0.15) is 19.8 Å². The zero-order valence-corrected chi connectivity index (χ0v) is 54.0. The lowest BCUT2D eigenvalue weighted by atomic mass is 10.0. The number of unbranched alkanes of at least 4 members (excludes halogenated alkanes) is 44. The van der Waals surface area contributed by atoms with Gasteiger partial charge in [0.25, 0.3) is 7.82 Å². The number of rotatable bonds is 64. The van der Waals surface area contributed by atoms with Crippen LogP contribution in [0.5, 0.6) is 0 Å². The number of phosphoric ester groups is 1. The van der Waals surface area contributed by atoms with Crippen LogP contribution in [0.15, 0.2) is 36.5 Å². The molecule has 0 radical (unpaired) electrons. The number of nitrogens with zero attached hydrogens (tertiary/aromatic N) is 1. The molecule has 0 N–H and O–H groups in total. The van der Waals surface area contributed by atoms with Crippen molar-refractivity contribution in [3.8, 4) is 0 Å². The molecular weight excluding hydrogens is 1000 g/mol. The van der Waals surface area contributed by atoms with E-state index in [-0.39, 0.29) is 32.0 Å². The maximum Gasteiger partial charge on any atom is 0.306 e. The van der Waals surface area contributed by atoms with Gasteiger partial charge in [-0.3, -0.25) is 14.2 Å².